The molecule has 0 bridgehead atoms. The molecule has 28 heavy (non-hydrogen) atoms. The molecule has 0 radical (unpaired) electrons. The molecule has 13 nitrogen and oxygen atoms in total. The number of hydrogen-bond acceptors (Lipinski definition) is 6. The van der Waals surface area contributed by atoms with Crippen LogP contribution < -0.4 is 5.32 Å². The first kappa shape index (κ1) is 20.8. The fourth-order valence-electron chi connectivity index (χ4n) is 2.88. The van der Waals surface area contributed by atoms with Crippen molar-refractivity contribution in [3.8, 4) is 0 Å². The lowest BCUT2D eigenvalue weighted by molar-refractivity contribution is -0.219. The molecule has 1 aromatic rings. The minimum absolute atomic E-state index is 0.158. The van der Waals surface area contributed by atoms with Crippen LogP contribution in [-0.2, 0) is 20.9 Å². The smallest absolute Gasteiger partial charge is 0.217 e. The van der Waals surface area contributed by atoms with Crippen molar-refractivity contribution in [3.05, 3.63) is 67.2 Å². The van der Waals surface area contributed by atoms with E-state index in [1.54, 1.807) is 0 Å². The molecule has 13 heteroatoms. The Labute approximate surface area is 159 Å². The highest BCUT2D eigenvalue weighted by molar-refractivity contribution is 5.73. The predicted molar refractivity (Wildman–Crippen MR) is 97.4 cm³/mol. The third kappa shape index (κ3) is 5.52. The van der Waals surface area contributed by atoms with E-state index in [9.17, 15) is 4.79 Å². The number of nitrogens with zero attached hydrogens (tertiary/aromatic N) is 9. The van der Waals surface area contributed by atoms with Crippen LogP contribution in [0.25, 0.3) is 31.3 Å². The van der Waals surface area contributed by atoms with Gasteiger partial charge in [-0.3, -0.25) is 4.79 Å². The fourth-order valence-corrected chi connectivity index (χ4v) is 2.88. The van der Waals surface area contributed by atoms with Gasteiger partial charge >= 0.3 is 0 Å². The first-order valence-corrected chi connectivity index (χ1v) is 8.28. The number of ether oxygens (including phenoxy) is 2. The predicted octanol–water partition coefficient (Wildman–Crippen LogP) is 3.10. The minimum Gasteiger partial charge on any atom is -0.348 e. The van der Waals surface area contributed by atoms with Gasteiger partial charge in [0.1, 0.15) is 0 Å². The Hall–Kier alpha value is -3.46. The van der Waals surface area contributed by atoms with Gasteiger partial charge in [0, 0.05) is 21.7 Å². The Morgan fingerprint density at radius 2 is 1.82 bits per heavy atom. The number of nitrogens with one attached hydrogen (secondary N) is 1. The first-order chi connectivity index (χ1) is 13.6. The number of azide groups is 3. The van der Waals surface area contributed by atoms with Gasteiger partial charge in [0.05, 0.1) is 37.4 Å². The van der Waals surface area contributed by atoms with E-state index in [4.69, 9.17) is 26.1 Å². The van der Waals surface area contributed by atoms with Gasteiger partial charge < -0.3 is 14.8 Å². The van der Waals surface area contributed by atoms with Crippen molar-refractivity contribution in [2.75, 3.05) is 6.54 Å². The maximum Gasteiger partial charge on any atom is 0.217 e. The summed E-state index contributed by atoms with van der Waals surface area (Å²) in [5, 5.41) is 13.4. The third-order valence-electron chi connectivity index (χ3n) is 4.02. The summed E-state index contributed by atoms with van der Waals surface area (Å²) < 4.78 is 11.6. The Bertz CT molecular complexity index is 815. The second-order valence-electron chi connectivity index (χ2n) is 5.87. The number of hydrogen-bond donors (Lipinski definition) is 1. The van der Waals surface area contributed by atoms with Crippen LogP contribution in [0.5, 0.6) is 0 Å². The van der Waals surface area contributed by atoms with Crippen molar-refractivity contribution in [1.82, 2.24) is 5.32 Å². The summed E-state index contributed by atoms with van der Waals surface area (Å²) >= 11 is 0. The van der Waals surface area contributed by atoms with Crippen LogP contribution in [0.2, 0.25) is 0 Å². The molecular weight excluding hydrogens is 368 g/mol. The van der Waals surface area contributed by atoms with Crippen LogP contribution >= 0.6 is 0 Å². The highest BCUT2D eigenvalue weighted by atomic mass is 16.7. The van der Waals surface area contributed by atoms with Gasteiger partial charge in [-0.25, -0.2) is 0 Å². The number of carbonyl (C=O) groups excluding carboxylic acids is 1. The Morgan fingerprint density at radius 1 is 1.14 bits per heavy atom. The highest BCUT2D eigenvalue weighted by Gasteiger charge is 2.46. The van der Waals surface area contributed by atoms with Gasteiger partial charge in [0.15, 0.2) is 6.29 Å². The van der Waals surface area contributed by atoms with Crippen molar-refractivity contribution in [2.45, 2.75) is 44.1 Å². The van der Waals surface area contributed by atoms with Crippen molar-refractivity contribution in [3.63, 3.8) is 0 Å². The average molecular weight is 386 g/mol. The van der Waals surface area contributed by atoms with Gasteiger partial charge in [0.2, 0.25) is 5.91 Å². The van der Waals surface area contributed by atoms with E-state index in [0.717, 1.165) is 5.56 Å². The van der Waals surface area contributed by atoms with Crippen LogP contribution in [0.4, 0.5) is 0 Å². The molecule has 0 spiro atoms. The first-order valence-electron chi connectivity index (χ1n) is 8.28. The average Bonchev–Trinajstić information content (AvgIpc) is 2.69. The quantitative estimate of drug-likeness (QED) is 0.408. The van der Waals surface area contributed by atoms with E-state index in [2.05, 4.69) is 35.4 Å². The molecule has 146 valence electrons. The van der Waals surface area contributed by atoms with Crippen molar-refractivity contribution < 1.29 is 14.3 Å². The zero-order valence-electron chi connectivity index (χ0n) is 14.9. The van der Waals surface area contributed by atoms with Gasteiger partial charge in [0.25, 0.3) is 0 Å². The minimum atomic E-state index is -1.02. The summed E-state index contributed by atoms with van der Waals surface area (Å²) in [4.78, 5) is 19.9. The molecule has 0 unspecified atom stereocenters. The Kier molecular flexibility index (Phi) is 7.92. The zero-order chi connectivity index (χ0) is 20.4. The summed E-state index contributed by atoms with van der Waals surface area (Å²) in [6.45, 7) is 1.27. The van der Waals surface area contributed by atoms with Crippen LogP contribution in [0.1, 0.15) is 12.5 Å². The highest BCUT2D eigenvalue weighted by Crippen LogP contribution is 2.28. The summed E-state index contributed by atoms with van der Waals surface area (Å²) in [5.41, 5.74) is 27.3. The van der Waals surface area contributed by atoms with Gasteiger partial charge in [-0.15, -0.1) is 0 Å². The molecule has 1 N–H and O–H groups in total. The lowest BCUT2D eigenvalue weighted by Gasteiger charge is -2.43. The standard InChI is InChI=1S/C15H18N10O3/c1-9(26)20-14-13(22-25-18)12(21-24-17)11(7-19-23-16)28-15(14)27-8-10-5-3-2-4-6-10/h2-6,11-15H,7-8H2,1H3,(H,20,26)/t11-,12+,13+,14-,15+/m1/s1. The molecule has 0 aliphatic carbocycles. The maximum atomic E-state index is 11.7. The molecule has 1 saturated heterocycles. The van der Waals surface area contributed by atoms with Gasteiger partial charge in [-0.05, 0) is 22.2 Å². The van der Waals surface area contributed by atoms with Gasteiger partial charge in [-0.1, -0.05) is 45.7 Å². The maximum absolute atomic E-state index is 11.7. The second kappa shape index (κ2) is 10.6. The molecule has 0 aromatic heterocycles. The third-order valence-corrected chi connectivity index (χ3v) is 4.02. The molecule has 1 amide bonds. The fraction of sp³-hybridized carbons (Fsp3) is 0.533. The second-order valence-corrected chi connectivity index (χ2v) is 5.87. The monoisotopic (exact) mass is 386 g/mol. The van der Waals surface area contributed by atoms with E-state index in [-0.39, 0.29) is 13.2 Å². The molecule has 1 aliphatic rings. The van der Waals surface area contributed by atoms with Crippen LogP contribution in [0.3, 0.4) is 0 Å². The van der Waals surface area contributed by atoms with E-state index >= 15 is 0 Å². The number of benzene rings is 1. The van der Waals surface area contributed by atoms with E-state index < -0.39 is 36.4 Å². The molecule has 1 aromatic carbocycles. The van der Waals surface area contributed by atoms with E-state index in [1.165, 1.54) is 6.92 Å². The molecule has 1 heterocycles. The Balaban J connectivity index is 2.34. The SMILES string of the molecule is CC(=O)N[C@H]1[C@@H](OCc2ccccc2)O[C@H](CN=[N+]=[N-])[C@H](N=[N+]=[N-])[C@@H]1N=[N+]=[N-]. The van der Waals surface area contributed by atoms with Crippen molar-refractivity contribution in [1.29, 1.82) is 0 Å². The Morgan fingerprint density at radius 3 is 2.43 bits per heavy atom. The molecule has 1 aliphatic heterocycles. The molecule has 2 rings (SSSR count). The van der Waals surface area contributed by atoms with Crippen LogP contribution in [-0.4, -0.2) is 43.0 Å². The number of carbonyl (C=O) groups is 1. The summed E-state index contributed by atoms with van der Waals surface area (Å²) in [7, 11) is 0. The summed E-state index contributed by atoms with van der Waals surface area (Å²) in [6.07, 6.45) is -1.92. The topological polar surface area (TPSA) is 194 Å². The molecule has 5 atom stereocenters. The van der Waals surface area contributed by atoms with Crippen molar-refractivity contribution in [2.24, 2.45) is 15.3 Å². The van der Waals surface area contributed by atoms with Crippen molar-refractivity contribution >= 4 is 5.91 Å². The van der Waals surface area contributed by atoms with Crippen LogP contribution in [0.15, 0.2) is 45.7 Å². The van der Waals surface area contributed by atoms with E-state index in [1.807, 2.05) is 30.3 Å². The summed E-state index contributed by atoms with van der Waals surface area (Å²) in [5.74, 6) is -0.409. The molecular formula is C15H18N10O3. The van der Waals surface area contributed by atoms with E-state index in [0.29, 0.717) is 0 Å². The van der Waals surface area contributed by atoms with Crippen LogP contribution in [0, 0.1) is 0 Å². The normalized spacial score (nSPS) is 26.1. The zero-order valence-corrected chi connectivity index (χ0v) is 14.9. The summed E-state index contributed by atoms with van der Waals surface area (Å²) in [6, 6.07) is 6.34. The number of amides is 1. The lowest BCUT2D eigenvalue weighted by Crippen LogP contribution is -2.63. The molecule has 0 saturated carbocycles. The lowest BCUT2D eigenvalue weighted by atomic mass is 9.92. The van der Waals surface area contributed by atoms with Gasteiger partial charge in [-0.2, -0.15) is 0 Å². The largest absolute Gasteiger partial charge is 0.348 e. The number of rotatable bonds is 8. The molecule has 1 fully saturated rings.